The molecule has 2 aromatic carbocycles. The Bertz CT molecular complexity index is 814. The normalized spacial score (nSPS) is 16.2. The van der Waals surface area contributed by atoms with Gasteiger partial charge in [-0.15, -0.1) is 0 Å². The van der Waals surface area contributed by atoms with Crippen LogP contribution >= 0.6 is 0 Å². The van der Waals surface area contributed by atoms with Gasteiger partial charge in [0.15, 0.2) is 11.5 Å². The van der Waals surface area contributed by atoms with Crippen molar-refractivity contribution in [2.24, 2.45) is 0 Å². The van der Waals surface area contributed by atoms with Gasteiger partial charge in [-0.1, -0.05) is 18.2 Å². The van der Waals surface area contributed by atoms with Crippen molar-refractivity contribution in [1.82, 2.24) is 10.2 Å². The molecule has 1 N–H and O–H groups in total. The van der Waals surface area contributed by atoms with Crippen molar-refractivity contribution in [3.8, 4) is 11.5 Å². The molecule has 28 heavy (non-hydrogen) atoms. The summed E-state index contributed by atoms with van der Waals surface area (Å²) in [4.78, 5) is 17.0. The minimum atomic E-state index is 0.0563. The first kappa shape index (κ1) is 18.6. The number of carbonyl (C=O) groups excluding carboxylic acids is 1. The average Bonchev–Trinajstić information content (AvgIpc) is 3.19. The maximum atomic E-state index is 12.2. The van der Waals surface area contributed by atoms with Gasteiger partial charge in [0.2, 0.25) is 12.7 Å². The number of likely N-dealkylation sites (N-methyl/N-ethyl adjacent to an activating group) is 1. The predicted octanol–water partition coefficient (Wildman–Crippen LogP) is 2.42. The highest BCUT2D eigenvalue weighted by molar-refractivity contribution is 5.76. The SMILES string of the molecule is CN1CCN(c2ccc(CNC(=O)CCc3ccc4c(c3)OCO4)cc2)CC1. The van der Waals surface area contributed by atoms with E-state index in [1.54, 1.807) is 0 Å². The van der Waals surface area contributed by atoms with Gasteiger partial charge >= 0.3 is 0 Å². The summed E-state index contributed by atoms with van der Waals surface area (Å²) >= 11 is 0. The van der Waals surface area contributed by atoms with Gasteiger partial charge in [-0.05, 0) is 48.9 Å². The van der Waals surface area contributed by atoms with E-state index in [2.05, 4.69) is 46.4 Å². The Labute approximate surface area is 166 Å². The summed E-state index contributed by atoms with van der Waals surface area (Å²) < 4.78 is 10.7. The van der Waals surface area contributed by atoms with Crippen molar-refractivity contribution in [1.29, 1.82) is 0 Å². The zero-order valence-electron chi connectivity index (χ0n) is 16.3. The third kappa shape index (κ3) is 4.57. The summed E-state index contributed by atoms with van der Waals surface area (Å²) in [6.07, 6.45) is 1.14. The Morgan fingerprint density at radius 2 is 1.68 bits per heavy atom. The van der Waals surface area contributed by atoms with E-state index in [-0.39, 0.29) is 12.7 Å². The van der Waals surface area contributed by atoms with E-state index in [4.69, 9.17) is 9.47 Å². The number of amides is 1. The van der Waals surface area contributed by atoms with Crippen LogP contribution in [-0.2, 0) is 17.8 Å². The highest BCUT2D eigenvalue weighted by Crippen LogP contribution is 2.32. The fourth-order valence-electron chi connectivity index (χ4n) is 3.53. The van der Waals surface area contributed by atoms with Gasteiger partial charge in [-0.25, -0.2) is 0 Å². The topological polar surface area (TPSA) is 54.0 Å². The summed E-state index contributed by atoms with van der Waals surface area (Å²) in [5.74, 6) is 1.59. The number of carbonyl (C=O) groups is 1. The molecule has 1 saturated heterocycles. The molecule has 0 saturated carbocycles. The molecule has 2 heterocycles. The first-order chi connectivity index (χ1) is 13.7. The number of benzene rings is 2. The Morgan fingerprint density at radius 3 is 2.46 bits per heavy atom. The minimum Gasteiger partial charge on any atom is -0.454 e. The van der Waals surface area contributed by atoms with E-state index >= 15 is 0 Å². The van der Waals surface area contributed by atoms with Gasteiger partial charge in [0.1, 0.15) is 0 Å². The third-order valence-electron chi connectivity index (χ3n) is 5.37. The number of hydrogen-bond donors (Lipinski definition) is 1. The van der Waals surface area contributed by atoms with Crippen molar-refractivity contribution in [2.75, 3.05) is 44.9 Å². The van der Waals surface area contributed by atoms with Crippen LogP contribution in [0.5, 0.6) is 11.5 Å². The Hall–Kier alpha value is -2.73. The van der Waals surface area contributed by atoms with Crippen LogP contribution in [0.2, 0.25) is 0 Å². The molecule has 0 radical (unpaired) electrons. The van der Waals surface area contributed by atoms with Crippen molar-refractivity contribution >= 4 is 11.6 Å². The van der Waals surface area contributed by atoms with E-state index in [0.717, 1.165) is 48.8 Å². The molecular formula is C22H27N3O3. The van der Waals surface area contributed by atoms with Gasteiger partial charge in [0.05, 0.1) is 0 Å². The number of piperazine rings is 1. The molecule has 2 aliphatic rings. The second-order valence-electron chi connectivity index (χ2n) is 7.42. The lowest BCUT2D eigenvalue weighted by atomic mass is 10.1. The Kier molecular flexibility index (Phi) is 5.67. The zero-order valence-corrected chi connectivity index (χ0v) is 16.3. The van der Waals surface area contributed by atoms with Crippen LogP contribution in [0.3, 0.4) is 0 Å². The molecule has 0 aromatic heterocycles. The van der Waals surface area contributed by atoms with Crippen LogP contribution in [0.15, 0.2) is 42.5 Å². The molecule has 6 heteroatoms. The minimum absolute atomic E-state index is 0.0563. The van der Waals surface area contributed by atoms with Crippen LogP contribution in [0.1, 0.15) is 17.5 Å². The predicted molar refractivity (Wildman–Crippen MR) is 109 cm³/mol. The fourth-order valence-corrected chi connectivity index (χ4v) is 3.53. The summed E-state index contributed by atoms with van der Waals surface area (Å²) in [7, 11) is 2.16. The molecule has 0 aliphatic carbocycles. The zero-order chi connectivity index (χ0) is 19.3. The number of aryl methyl sites for hydroxylation is 1. The summed E-state index contributed by atoms with van der Waals surface area (Å²) in [6, 6.07) is 14.3. The number of nitrogens with one attached hydrogen (secondary N) is 1. The quantitative estimate of drug-likeness (QED) is 0.833. The molecule has 0 atom stereocenters. The average molecular weight is 381 g/mol. The monoisotopic (exact) mass is 381 g/mol. The molecule has 148 valence electrons. The number of fused-ring (bicyclic) bond motifs is 1. The van der Waals surface area contributed by atoms with Crippen molar-refractivity contribution < 1.29 is 14.3 Å². The van der Waals surface area contributed by atoms with E-state index in [1.807, 2.05) is 18.2 Å². The molecule has 1 amide bonds. The Balaban J connectivity index is 1.22. The van der Waals surface area contributed by atoms with E-state index in [0.29, 0.717) is 19.4 Å². The van der Waals surface area contributed by atoms with Crippen LogP contribution in [-0.4, -0.2) is 50.8 Å². The van der Waals surface area contributed by atoms with Crippen molar-refractivity contribution in [3.05, 3.63) is 53.6 Å². The summed E-state index contributed by atoms with van der Waals surface area (Å²) in [5.41, 5.74) is 3.45. The fraction of sp³-hybridized carbons (Fsp3) is 0.409. The van der Waals surface area contributed by atoms with Crippen LogP contribution < -0.4 is 19.7 Å². The van der Waals surface area contributed by atoms with Gasteiger partial charge in [-0.3, -0.25) is 4.79 Å². The van der Waals surface area contributed by atoms with Gasteiger partial charge < -0.3 is 24.6 Å². The number of anilines is 1. The number of nitrogens with zero attached hydrogens (tertiary/aromatic N) is 2. The highest BCUT2D eigenvalue weighted by atomic mass is 16.7. The van der Waals surface area contributed by atoms with Crippen molar-refractivity contribution in [2.45, 2.75) is 19.4 Å². The van der Waals surface area contributed by atoms with Gasteiger partial charge in [0, 0.05) is 44.8 Å². The maximum Gasteiger partial charge on any atom is 0.231 e. The van der Waals surface area contributed by atoms with Crippen molar-refractivity contribution in [3.63, 3.8) is 0 Å². The number of rotatable bonds is 6. The largest absolute Gasteiger partial charge is 0.454 e. The van der Waals surface area contributed by atoms with Gasteiger partial charge in [-0.2, -0.15) is 0 Å². The molecule has 0 spiro atoms. The lowest BCUT2D eigenvalue weighted by Crippen LogP contribution is -2.44. The molecule has 4 rings (SSSR count). The Morgan fingerprint density at radius 1 is 0.964 bits per heavy atom. The van der Waals surface area contributed by atoms with E-state index in [9.17, 15) is 4.79 Å². The second-order valence-corrected chi connectivity index (χ2v) is 7.42. The van der Waals surface area contributed by atoms with Crippen LogP contribution in [0.25, 0.3) is 0 Å². The smallest absolute Gasteiger partial charge is 0.231 e. The molecule has 1 fully saturated rings. The van der Waals surface area contributed by atoms with Crippen LogP contribution in [0.4, 0.5) is 5.69 Å². The maximum absolute atomic E-state index is 12.2. The summed E-state index contributed by atoms with van der Waals surface area (Å²) in [5, 5.41) is 3.01. The molecule has 6 nitrogen and oxygen atoms in total. The molecule has 0 bridgehead atoms. The number of ether oxygens (including phenoxy) is 2. The molecule has 0 unspecified atom stereocenters. The third-order valence-corrected chi connectivity index (χ3v) is 5.37. The summed E-state index contributed by atoms with van der Waals surface area (Å²) in [6.45, 7) is 5.15. The lowest BCUT2D eigenvalue weighted by Gasteiger charge is -2.34. The highest BCUT2D eigenvalue weighted by Gasteiger charge is 2.15. The first-order valence-electron chi connectivity index (χ1n) is 9.85. The van der Waals surface area contributed by atoms with Crippen LogP contribution in [0, 0.1) is 0 Å². The molecule has 2 aromatic rings. The molecular weight excluding hydrogens is 354 g/mol. The number of hydrogen-bond acceptors (Lipinski definition) is 5. The van der Waals surface area contributed by atoms with Gasteiger partial charge in [0.25, 0.3) is 0 Å². The standard InChI is InChI=1S/C22H27N3O3/c1-24-10-12-25(13-11-24)19-6-2-18(3-7-19)15-23-22(26)9-5-17-4-8-20-21(14-17)28-16-27-20/h2-4,6-8,14H,5,9-13,15-16H2,1H3,(H,23,26). The molecule has 2 aliphatic heterocycles. The first-order valence-corrected chi connectivity index (χ1v) is 9.85. The lowest BCUT2D eigenvalue weighted by molar-refractivity contribution is -0.121. The second kappa shape index (κ2) is 8.52. The van der Waals surface area contributed by atoms with E-state index < -0.39 is 0 Å². The van der Waals surface area contributed by atoms with E-state index in [1.165, 1.54) is 5.69 Å².